The van der Waals surface area contributed by atoms with E-state index in [0.29, 0.717) is 22.4 Å². The molecule has 0 fully saturated rings. The molecule has 2 nitrogen and oxygen atoms in total. The molecule has 0 aromatic heterocycles. The quantitative estimate of drug-likeness (QED) is 0.767. The van der Waals surface area contributed by atoms with E-state index in [9.17, 15) is 4.39 Å². The molecular weight excluding hydrogens is 239 g/mol. The van der Waals surface area contributed by atoms with Crippen LogP contribution >= 0.6 is 15.9 Å². The minimum absolute atomic E-state index is 0.297. The number of benzene rings is 1. The highest BCUT2D eigenvalue weighted by atomic mass is 79.9. The highest BCUT2D eigenvalue weighted by molar-refractivity contribution is 9.08. The van der Waals surface area contributed by atoms with Crippen LogP contribution in [-0.2, 0) is 5.33 Å². The van der Waals surface area contributed by atoms with Crippen molar-refractivity contribution in [2.75, 3.05) is 14.2 Å². The number of rotatable bonds is 3. The Morgan fingerprint density at radius 1 is 1.31 bits per heavy atom. The summed E-state index contributed by atoms with van der Waals surface area (Å²) in [5, 5.41) is 0.402. The van der Waals surface area contributed by atoms with Crippen LogP contribution in [0.3, 0.4) is 0 Å². The molecule has 0 aliphatic carbocycles. The van der Waals surface area contributed by atoms with Crippen LogP contribution in [0.1, 0.15) is 5.56 Å². The van der Waals surface area contributed by atoms with Crippen molar-refractivity contribution in [2.24, 2.45) is 0 Å². The smallest absolute Gasteiger partial charge is 0.167 e. The molecule has 1 aromatic rings. The summed E-state index contributed by atoms with van der Waals surface area (Å²) in [6, 6.07) is 2.90. The standard InChI is InChI=1S/C9H10BrFO2/c1-12-8-4-3-7(11)6(5-10)9(8)13-2/h3-4H,5H2,1-2H3. The zero-order chi connectivity index (χ0) is 9.84. The largest absolute Gasteiger partial charge is 0.493 e. The predicted molar refractivity (Wildman–Crippen MR) is 52.1 cm³/mol. The summed E-state index contributed by atoms with van der Waals surface area (Å²) >= 11 is 3.19. The van der Waals surface area contributed by atoms with Gasteiger partial charge in [-0.15, -0.1) is 0 Å². The van der Waals surface area contributed by atoms with Crippen LogP contribution in [0.4, 0.5) is 4.39 Å². The van der Waals surface area contributed by atoms with Gasteiger partial charge in [0, 0.05) is 10.9 Å². The van der Waals surface area contributed by atoms with Crippen molar-refractivity contribution in [1.29, 1.82) is 0 Å². The Hall–Kier alpha value is -0.770. The van der Waals surface area contributed by atoms with Gasteiger partial charge in [0.25, 0.3) is 0 Å². The monoisotopic (exact) mass is 248 g/mol. The first-order valence-corrected chi connectivity index (χ1v) is 4.82. The highest BCUT2D eigenvalue weighted by Crippen LogP contribution is 2.33. The lowest BCUT2D eigenvalue weighted by Crippen LogP contribution is -1.97. The summed E-state index contributed by atoms with van der Waals surface area (Å²) in [5.41, 5.74) is 0.474. The van der Waals surface area contributed by atoms with E-state index in [1.54, 1.807) is 6.07 Å². The third-order valence-electron chi connectivity index (χ3n) is 1.72. The van der Waals surface area contributed by atoms with Crippen LogP contribution in [0.15, 0.2) is 12.1 Å². The van der Waals surface area contributed by atoms with E-state index in [0.717, 1.165) is 0 Å². The summed E-state index contributed by atoms with van der Waals surface area (Å²) in [4.78, 5) is 0. The van der Waals surface area contributed by atoms with Gasteiger partial charge in [0.1, 0.15) is 5.82 Å². The predicted octanol–water partition coefficient (Wildman–Crippen LogP) is 2.74. The van der Waals surface area contributed by atoms with Crippen molar-refractivity contribution < 1.29 is 13.9 Å². The first-order valence-electron chi connectivity index (χ1n) is 3.70. The molecule has 72 valence electrons. The van der Waals surface area contributed by atoms with E-state index in [-0.39, 0.29) is 5.82 Å². The SMILES string of the molecule is COc1ccc(F)c(CBr)c1OC. The summed E-state index contributed by atoms with van der Waals surface area (Å²) in [5.74, 6) is 0.687. The maximum atomic E-state index is 13.2. The maximum absolute atomic E-state index is 13.2. The van der Waals surface area contributed by atoms with E-state index < -0.39 is 0 Å². The van der Waals surface area contributed by atoms with Crippen molar-refractivity contribution in [1.82, 2.24) is 0 Å². The van der Waals surface area contributed by atoms with Gasteiger partial charge in [0.2, 0.25) is 0 Å². The fourth-order valence-corrected chi connectivity index (χ4v) is 1.61. The third kappa shape index (κ3) is 1.94. The summed E-state index contributed by atoms with van der Waals surface area (Å²) in [7, 11) is 3.01. The summed E-state index contributed by atoms with van der Waals surface area (Å²) in [6.07, 6.45) is 0. The summed E-state index contributed by atoms with van der Waals surface area (Å²) < 4.78 is 23.3. The molecule has 0 unspecified atom stereocenters. The van der Waals surface area contributed by atoms with Gasteiger partial charge in [-0.3, -0.25) is 0 Å². The lowest BCUT2D eigenvalue weighted by Gasteiger charge is -2.11. The van der Waals surface area contributed by atoms with Crippen molar-refractivity contribution in [2.45, 2.75) is 5.33 Å². The van der Waals surface area contributed by atoms with Crippen LogP contribution in [0.25, 0.3) is 0 Å². The van der Waals surface area contributed by atoms with Crippen molar-refractivity contribution in [3.05, 3.63) is 23.5 Å². The number of methoxy groups -OCH3 is 2. The minimum atomic E-state index is -0.297. The molecule has 1 rings (SSSR count). The second-order valence-corrected chi connectivity index (χ2v) is 2.96. The molecule has 0 amide bonds. The molecule has 0 atom stereocenters. The fourth-order valence-electron chi connectivity index (χ4n) is 1.09. The maximum Gasteiger partial charge on any atom is 0.167 e. The van der Waals surface area contributed by atoms with Crippen LogP contribution in [0, 0.1) is 5.82 Å². The normalized spacial score (nSPS) is 9.85. The molecular formula is C9H10BrFO2. The molecule has 0 N–H and O–H groups in total. The van der Waals surface area contributed by atoms with Gasteiger partial charge in [-0.05, 0) is 12.1 Å². The Labute approximate surface area is 84.8 Å². The molecule has 1 aromatic carbocycles. The minimum Gasteiger partial charge on any atom is -0.493 e. The topological polar surface area (TPSA) is 18.5 Å². The van der Waals surface area contributed by atoms with E-state index in [1.165, 1.54) is 20.3 Å². The van der Waals surface area contributed by atoms with E-state index in [2.05, 4.69) is 15.9 Å². The number of alkyl halides is 1. The van der Waals surface area contributed by atoms with Crippen LogP contribution < -0.4 is 9.47 Å². The van der Waals surface area contributed by atoms with Crippen molar-refractivity contribution in [3.8, 4) is 11.5 Å². The second-order valence-electron chi connectivity index (χ2n) is 2.40. The van der Waals surface area contributed by atoms with Gasteiger partial charge >= 0.3 is 0 Å². The van der Waals surface area contributed by atoms with Gasteiger partial charge in [0.15, 0.2) is 11.5 Å². The third-order valence-corrected chi connectivity index (χ3v) is 2.29. The van der Waals surface area contributed by atoms with Gasteiger partial charge in [-0.2, -0.15) is 0 Å². The Morgan fingerprint density at radius 3 is 2.46 bits per heavy atom. The molecule has 4 heteroatoms. The van der Waals surface area contributed by atoms with Crippen molar-refractivity contribution >= 4 is 15.9 Å². The number of halogens is 2. The van der Waals surface area contributed by atoms with E-state index >= 15 is 0 Å². The van der Waals surface area contributed by atoms with Crippen LogP contribution in [0.2, 0.25) is 0 Å². The average Bonchev–Trinajstić information content (AvgIpc) is 2.17. The molecule has 0 aliphatic rings. The first kappa shape index (κ1) is 10.3. The fraction of sp³-hybridized carbons (Fsp3) is 0.333. The molecule has 0 heterocycles. The molecule has 0 spiro atoms. The van der Waals surface area contributed by atoms with Crippen LogP contribution in [0.5, 0.6) is 11.5 Å². The summed E-state index contributed by atoms with van der Waals surface area (Å²) in [6.45, 7) is 0. The lowest BCUT2D eigenvalue weighted by molar-refractivity contribution is 0.349. The molecule has 0 saturated carbocycles. The number of ether oxygens (including phenoxy) is 2. The Morgan fingerprint density at radius 2 is 2.00 bits per heavy atom. The zero-order valence-corrected chi connectivity index (χ0v) is 9.02. The Kier molecular flexibility index (Phi) is 3.54. The molecule has 0 saturated heterocycles. The van der Waals surface area contributed by atoms with Gasteiger partial charge in [0.05, 0.1) is 14.2 Å². The lowest BCUT2D eigenvalue weighted by atomic mass is 10.2. The molecule has 0 aliphatic heterocycles. The van der Waals surface area contributed by atoms with Gasteiger partial charge in [-0.25, -0.2) is 4.39 Å². The zero-order valence-electron chi connectivity index (χ0n) is 7.43. The number of hydrogen-bond acceptors (Lipinski definition) is 2. The Balaban J connectivity index is 3.27. The highest BCUT2D eigenvalue weighted by Gasteiger charge is 2.13. The average molecular weight is 249 g/mol. The van der Waals surface area contributed by atoms with E-state index in [1.807, 2.05) is 0 Å². The van der Waals surface area contributed by atoms with Crippen molar-refractivity contribution in [3.63, 3.8) is 0 Å². The second kappa shape index (κ2) is 4.46. The first-order chi connectivity index (χ1) is 6.24. The van der Waals surface area contributed by atoms with Crippen LogP contribution in [-0.4, -0.2) is 14.2 Å². The van der Waals surface area contributed by atoms with Gasteiger partial charge < -0.3 is 9.47 Å². The molecule has 0 radical (unpaired) electrons. The Bertz CT molecular complexity index is 302. The molecule has 0 bridgehead atoms. The van der Waals surface area contributed by atoms with Gasteiger partial charge in [-0.1, -0.05) is 15.9 Å². The molecule has 13 heavy (non-hydrogen) atoms. The number of hydrogen-bond donors (Lipinski definition) is 0. The van der Waals surface area contributed by atoms with E-state index in [4.69, 9.17) is 9.47 Å².